The molecule has 0 aromatic rings. The lowest BCUT2D eigenvalue weighted by atomic mass is 9.88. The monoisotopic (exact) mass is 229 g/mol. The van der Waals surface area contributed by atoms with E-state index >= 15 is 0 Å². The molecule has 0 radical (unpaired) electrons. The molecular formula is C13H27NO2. The summed E-state index contributed by atoms with van der Waals surface area (Å²) in [5.74, 6) is 0.611. The third-order valence-electron chi connectivity index (χ3n) is 2.46. The van der Waals surface area contributed by atoms with Gasteiger partial charge in [0.15, 0.2) is 0 Å². The van der Waals surface area contributed by atoms with Crippen molar-refractivity contribution >= 4 is 5.91 Å². The number of carbonyl (C=O) groups is 1. The lowest BCUT2D eigenvalue weighted by Crippen LogP contribution is -2.39. The van der Waals surface area contributed by atoms with E-state index in [1.54, 1.807) is 0 Å². The molecule has 0 rings (SSSR count). The van der Waals surface area contributed by atoms with Gasteiger partial charge in [-0.25, -0.2) is 0 Å². The highest BCUT2D eigenvalue weighted by Gasteiger charge is 2.27. The van der Waals surface area contributed by atoms with Gasteiger partial charge in [-0.2, -0.15) is 0 Å². The Kier molecular flexibility index (Phi) is 6.65. The molecule has 3 heteroatoms. The summed E-state index contributed by atoms with van der Waals surface area (Å²) in [7, 11) is 0. The van der Waals surface area contributed by atoms with Crippen LogP contribution >= 0.6 is 0 Å². The summed E-state index contributed by atoms with van der Waals surface area (Å²) in [6.45, 7) is 13.5. The lowest BCUT2D eigenvalue weighted by Gasteiger charge is -2.24. The van der Waals surface area contributed by atoms with Crippen molar-refractivity contribution in [1.29, 1.82) is 0 Å². The molecule has 1 N–H and O–H groups in total. The number of hydrogen-bond donors (Lipinski definition) is 1. The second-order valence-corrected chi connectivity index (χ2v) is 5.66. The van der Waals surface area contributed by atoms with E-state index in [0.717, 1.165) is 13.0 Å². The van der Waals surface area contributed by atoms with E-state index in [0.29, 0.717) is 12.5 Å². The second-order valence-electron chi connectivity index (χ2n) is 5.66. The fourth-order valence-corrected chi connectivity index (χ4v) is 1.20. The number of ether oxygens (including phenoxy) is 1. The molecule has 1 amide bonds. The highest BCUT2D eigenvalue weighted by atomic mass is 16.5. The normalized spacial score (nSPS) is 12.2. The van der Waals surface area contributed by atoms with Crippen molar-refractivity contribution in [3.8, 4) is 0 Å². The SMILES string of the molecule is CC(C)CNC(=O)C(C)(C)CCOC(C)C. The molecule has 0 aliphatic rings. The maximum Gasteiger partial charge on any atom is 0.225 e. The minimum absolute atomic E-state index is 0.119. The van der Waals surface area contributed by atoms with Gasteiger partial charge in [0.25, 0.3) is 0 Å². The molecule has 0 saturated heterocycles. The highest BCUT2D eigenvalue weighted by Crippen LogP contribution is 2.20. The van der Waals surface area contributed by atoms with E-state index < -0.39 is 0 Å². The zero-order chi connectivity index (χ0) is 12.8. The van der Waals surface area contributed by atoms with Gasteiger partial charge in [-0.15, -0.1) is 0 Å². The first-order chi connectivity index (χ1) is 7.25. The molecule has 0 unspecified atom stereocenters. The predicted octanol–water partition coefficient (Wildman–Crippen LogP) is 2.60. The van der Waals surface area contributed by atoms with Crippen molar-refractivity contribution in [3.05, 3.63) is 0 Å². The summed E-state index contributed by atoms with van der Waals surface area (Å²) in [6, 6.07) is 0. The Labute approximate surface area is 99.9 Å². The molecule has 3 nitrogen and oxygen atoms in total. The summed E-state index contributed by atoms with van der Waals surface area (Å²) in [6.07, 6.45) is 0.990. The van der Waals surface area contributed by atoms with Gasteiger partial charge in [-0.05, 0) is 26.2 Å². The zero-order valence-corrected chi connectivity index (χ0v) is 11.6. The molecule has 0 bridgehead atoms. The van der Waals surface area contributed by atoms with E-state index in [9.17, 15) is 4.79 Å². The van der Waals surface area contributed by atoms with E-state index in [1.165, 1.54) is 0 Å². The van der Waals surface area contributed by atoms with Crippen LogP contribution in [0.4, 0.5) is 0 Å². The van der Waals surface area contributed by atoms with Gasteiger partial charge < -0.3 is 10.1 Å². The van der Waals surface area contributed by atoms with Crippen LogP contribution in [0.25, 0.3) is 0 Å². The Morgan fingerprint density at radius 3 is 2.25 bits per heavy atom. The first-order valence-electron chi connectivity index (χ1n) is 6.15. The van der Waals surface area contributed by atoms with Crippen molar-refractivity contribution in [2.45, 2.75) is 54.1 Å². The number of amides is 1. The summed E-state index contributed by atoms with van der Waals surface area (Å²) in [4.78, 5) is 11.9. The summed E-state index contributed by atoms with van der Waals surface area (Å²) in [5.41, 5.74) is -0.343. The fraction of sp³-hybridized carbons (Fsp3) is 0.923. The van der Waals surface area contributed by atoms with Crippen LogP contribution < -0.4 is 5.32 Å². The zero-order valence-electron chi connectivity index (χ0n) is 11.6. The van der Waals surface area contributed by atoms with E-state index in [4.69, 9.17) is 4.74 Å². The maximum absolute atomic E-state index is 11.9. The minimum Gasteiger partial charge on any atom is -0.379 e. The van der Waals surface area contributed by atoms with Crippen LogP contribution in [0.2, 0.25) is 0 Å². The van der Waals surface area contributed by atoms with Crippen LogP contribution in [0.3, 0.4) is 0 Å². The summed E-state index contributed by atoms with van der Waals surface area (Å²) < 4.78 is 5.47. The Hall–Kier alpha value is -0.570. The standard InChI is InChI=1S/C13H27NO2/c1-10(2)9-14-12(15)13(5,6)7-8-16-11(3)4/h10-11H,7-9H2,1-6H3,(H,14,15). The van der Waals surface area contributed by atoms with Crippen LogP contribution in [-0.4, -0.2) is 25.2 Å². The predicted molar refractivity (Wildman–Crippen MR) is 67.3 cm³/mol. The first-order valence-corrected chi connectivity index (χ1v) is 6.15. The third kappa shape index (κ3) is 6.83. The number of carbonyl (C=O) groups excluding carboxylic acids is 1. The first kappa shape index (κ1) is 15.4. The van der Waals surface area contributed by atoms with Gasteiger partial charge in [-0.3, -0.25) is 4.79 Å². The van der Waals surface area contributed by atoms with Gasteiger partial charge >= 0.3 is 0 Å². The molecule has 0 aromatic carbocycles. The fourth-order valence-electron chi connectivity index (χ4n) is 1.20. The van der Waals surface area contributed by atoms with Crippen molar-refractivity contribution in [3.63, 3.8) is 0 Å². The van der Waals surface area contributed by atoms with Crippen LogP contribution in [0, 0.1) is 11.3 Å². The molecule has 0 aliphatic carbocycles. The van der Waals surface area contributed by atoms with Gasteiger partial charge in [0.1, 0.15) is 0 Å². The molecule has 0 saturated carbocycles. The molecule has 96 valence electrons. The van der Waals surface area contributed by atoms with Crippen molar-refractivity contribution in [1.82, 2.24) is 5.32 Å². The van der Waals surface area contributed by atoms with Gasteiger partial charge in [0.05, 0.1) is 6.10 Å². The Bertz CT molecular complexity index is 210. The lowest BCUT2D eigenvalue weighted by molar-refractivity contribution is -0.130. The molecule has 0 heterocycles. The number of nitrogens with one attached hydrogen (secondary N) is 1. The Morgan fingerprint density at radius 2 is 1.81 bits per heavy atom. The van der Waals surface area contributed by atoms with E-state index in [-0.39, 0.29) is 17.4 Å². The maximum atomic E-state index is 11.9. The Morgan fingerprint density at radius 1 is 1.25 bits per heavy atom. The summed E-state index contributed by atoms with van der Waals surface area (Å²) >= 11 is 0. The minimum atomic E-state index is -0.343. The molecular weight excluding hydrogens is 202 g/mol. The molecule has 0 spiro atoms. The largest absolute Gasteiger partial charge is 0.379 e. The van der Waals surface area contributed by atoms with E-state index in [1.807, 2.05) is 27.7 Å². The van der Waals surface area contributed by atoms with Crippen molar-refractivity contribution < 1.29 is 9.53 Å². The molecule has 0 fully saturated rings. The second kappa shape index (κ2) is 6.89. The molecule has 0 aliphatic heterocycles. The van der Waals surface area contributed by atoms with Gasteiger partial charge in [0.2, 0.25) is 5.91 Å². The number of rotatable bonds is 7. The number of hydrogen-bond acceptors (Lipinski definition) is 2. The van der Waals surface area contributed by atoms with Crippen LogP contribution in [0.5, 0.6) is 0 Å². The Balaban J connectivity index is 3.95. The molecule has 0 atom stereocenters. The van der Waals surface area contributed by atoms with Crippen LogP contribution in [-0.2, 0) is 9.53 Å². The highest BCUT2D eigenvalue weighted by molar-refractivity contribution is 5.81. The van der Waals surface area contributed by atoms with Crippen molar-refractivity contribution in [2.24, 2.45) is 11.3 Å². The van der Waals surface area contributed by atoms with Gasteiger partial charge in [0, 0.05) is 18.6 Å². The average molecular weight is 229 g/mol. The van der Waals surface area contributed by atoms with Crippen LogP contribution in [0.1, 0.15) is 48.0 Å². The van der Waals surface area contributed by atoms with Crippen molar-refractivity contribution in [2.75, 3.05) is 13.2 Å². The van der Waals surface area contributed by atoms with Crippen LogP contribution in [0.15, 0.2) is 0 Å². The molecule has 0 aromatic heterocycles. The average Bonchev–Trinajstić information content (AvgIpc) is 2.12. The molecule has 16 heavy (non-hydrogen) atoms. The third-order valence-corrected chi connectivity index (χ3v) is 2.46. The smallest absolute Gasteiger partial charge is 0.225 e. The van der Waals surface area contributed by atoms with Gasteiger partial charge in [-0.1, -0.05) is 27.7 Å². The topological polar surface area (TPSA) is 38.3 Å². The summed E-state index contributed by atoms with van der Waals surface area (Å²) in [5, 5.41) is 2.97. The van der Waals surface area contributed by atoms with E-state index in [2.05, 4.69) is 19.2 Å². The quantitative estimate of drug-likeness (QED) is 0.728.